The van der Waals surface area contributed by atoms with Gasteiger partial charge in [0.25, 0.3) is 0 Å². The second kappa shape index (κ2) is 9.91. The number of carbonyl (C=O) groups is 1. The molecule has 0 aliphatic carbocycles. The van der Waals surface area contributed by atoms with Gasteiger partial charge in [-0.3, -0.25) is 0 Å². The van der Waals surface area contributed by atoms with Crippen molar-refractivity contribution >= 4 is 17.7 Å². The topological polar surface area (TPSA) is 80.6 Å². The first-order valence-electron chi connectivity index (χ1n) is 11.5. The Kier molecular flexibility index (Phi) is 7.03. The monoisotopic (exact) mass is 526 g/mol. The number of hydrogen-bond acceptors (Lipinski definition) is 5. The number of benzene rings is 3. The van der Waals surface area contributed by atoms with Gasteiger partial charge < -0.3 is 19.5 Å². The number of amides is 1. The van der Waals surface area contributed by atoms with Gasteiger partial charge >= 0.3 is 6.09 Å². The second-order valence-corrected chi connectivity index (χ2v) is 10.0. The molecule has 1 amide bonds. The van der Waals surface area contributed by atoms with Gasteiger partial charge in [-0.2, -0.15) is 5.26 Å². The molecular formula is C28H25ClF2N2O4. The largest absolute Gasteiger partial charge is 0.494 e. The van der Waals surface area contributed by atoms with Gasteiger partial charge in [0.05, 0.1) is 30.3 Å². The number of rotatable bonds is 5. The maximum Gasteiger partial charge on any atom is 0.407 e. The molecule has 1 aliphatic rings. The normalized spacial score (nSPS) is 16.4. The molecule has 6 nitrogen and oxygen atoms in total. The van der Waals surface area contributed by atoms with Crippen LogP contribution in [0.25, 0.3) is 11.1 Å². The van der Waals surface area contributed by atoms with Crippen LogP contribution in [0.15, 0.2) is 48.5 Å². The molecule has 0 fully saturated rings. The van der Waals surface area contributed by atoms with Crippen molar-refractivity contribution in [3.8, 4) is 28.7 Å². The number of carbonyl (C=O) groups excluding carboxylic acids is 1. The number of ether oxygens (including phenoxy) is 3. The van der Waals surface area contributed by atoms with Crippen LogP contribution in [-0.2, 0) is 16.8 Å². The minimum atomic E-state index is -1.19. The molecule has 1 aliphatic heterocycles. The first kappa shape index (κ1) is 26.2. The van der Waals surface area contributed by atoms with Crippen LogP contribution in [0, 0.1) is 23.0 Å². The van der Waals surface area contributed by atoms with Crippen molar-refractivity contribution in [1.29, 1.82) is 5.26 Å². The van der Waals surface area contributed by atoms with E-state index < -0.39 is 28.9 Å². The molecule has 0 saturated carbocycles. The second-order valence-electron chi connectivity index (χ2n) is 9.63. The van der Waals surface area contributed by atoms with Gasteiger partial charge in [-0.15, -0.1) is 0 Å². The predicted molar refractivity (Wildman–Crippen MR) is 135 cm³/mol. The van der Waals surface area contributed by atoms with E-state index in [4.69, 9.17) is 25.8 Å². The molecule has 37 heavy (non-hydrogen) atoms. The van der Waals surface area contributed by atoms with Crippen molar-refractivity contribution in [1.82, 2.24) is 5.32 Å². The average molecular weight is 527 g/mol. The average Bonchev–Trinajstić information content (AvgIpc) is 3.22. The summed E-state index contributed by atoms with van der Waals surface area (Å²) in [5.41, 5.74) is -1.05. The van der Waals surface area contributed by atoms with Gasteiger partial charge in [-0.1, -0.05) is 41.9 Å². The van der Waals surface area contributed by atoms with Crippen LogP contribution in [0.1, 0.15) is 37.5 Å². The Bertz CT molecular complexity index is 1400. The highest BCUT2D eigenvalue weighted by Crippen LogP contribution is 2.50. The zero-order chi connectivity index (χ0) is 27.0. The van der Waals surface area contributed by atoms with E-state index in [1.165, 1.54) is 19.2 Å². The Labute approximate surface area is 218 Å². The highest BCUT2D eigenvalue weighted by molar-refractivity contribution is 6.34. The van der Waals surface area contributed by atoms with E-state index in [0.29, 0.717) is 11.1 Å². The van der Waals surface area contributed by atoms with Gasteiger partial charge in [0, 0.05) is 29.2 Å². The zero-order valence-corrected chi connectivity index (χ0v) is 21.5. The van der Waals surface area contributed by atoms with Crippen molar-refractivity contribution in [2.75, 3.05) is 13.7 Å². The molecule has 0 aromatic heterocycles. The molecule has 9 heteroatoms. The van der Waals surface area contributed by atoms with Crippen molar-refractivity contribution in [2.24, 2.45) is 0 Å². The lowest BCUT2D eigenvalue weighted by molar-refractivity contribution is 0.0414. The van der Waals surface area contributed by atoms with E-state index in [-0.39, 0.29) is 46.2 Å². The summed E-state index contributed by atoms with van der Waals surface area (Å²) in [6, 6.07) is 14.8. The minimum absolute atomic E-state index is 0.000286. The van der Waals surface area contributed by atoms with E-state index in [0.717, 1.165) is 6.07 Å². The van der Waals surface area contributed by atoms with Gasteiger partial charge in [0.15, 0.2) is 17.2 Å². The highest BCUT2D eigenvalue weighted by Gasteiger charge is 2.44. The summed E-state index contributed by atoms with van der Waals surface area (Å²) >= 11 is 6.41. The molecule has 0 radical (unpaired) electrons. The molecule has 1 N–H and O–H groups in total. The smallest absolute Gasteiger partial charge is 0.407 e. The van der Waals surface area contributed by atoms with Crippen LogP contribution < -0.4 is 14.8 Å². The molecule has 192 valence electrons. The number of halogens is 3. The first-order chi connectivity index (χ1) is 17.5. The summed E-state index contributed by atoms with van der Waals surface area (Å²) < 4.78 is 47.4. The van der Waals surface area contributed by atoms with Crippen molar-refractivity contribution in [3.63, 3.8) is 0 Å². The summed E-state index contributed by atoms with van der Waals surface area (Å²) in [4.78, 5) is 12.5. The molecule has 4 rings (SSSR count). The van der Waals surface area contributed by atoms with Crippen LogP contribution in [0.5, 0.6) is 11.5 Å². The lowest BCUT2D eigenvalue weighted by atomic mass is 9.85. The lowest BCUT2D eigenvalue weighted by Crippen LogP contribution is -2.45. The van der Waals surface area contributed by atoms with E-state index >= 15 is 8.78 Å². The van der Waals surface area contributed by atoms with Gasteiger partial charge in [-0.25, -0.2) is 13.6 Å². The van der Waals surface area contributed by atoms with Crippen LogP contribution in [0.4, 0.5) is 13.6 Å². The summed E-state index contributed by atoms with van der Waals surface area (Å²) in [5.74, 6) is -1.69. The van der Waals surface area contributed by atoms with Crippen molar-refractivity contribution in [3.05, 3.63) is 81.9 Å². The molecule has 1 atom stereocenters. The highest BCUT2D eigenvalue weighted by atomic mass is 35.5. The molecule has 3 aromatic rings. The Morgan fingerprint density at radius 2 is 1.89 bits per heavy atom. The third kappa shape index (κ3) is 5.05. The summed E-state index contributed by atoms with van der Waals surface area (Å²) in [6.07, 6.45) is -0.559. The van der Waals surface area contributed by atoms with Crippen LogP contribution in [0.3, 0.4) is 0 Å². The lowest BCUT2D eigenvalue weighted by Gasteiger charge is -2.30. The number of hydrogen-bond donors (Lipinski definition) is 1. The molecule has 0 saturated heterocycles. The van der Waals surface area contributed by atoms with Gasteiger partial charge in [0.1, 0.15) is 17.2 Å². The van der Waals surface area contributed by atoms with E-state index in [1.807, 2.05) is 24.3 Å². The fraction of sp³-hybridized carbons (Fsp3) is 0.286. The van der Waals surface area contributed by atoms with Crippen molar-refractivity contribution < 1.29 is 27.8 Å². The number of methoxy groups -OCH3 is 1. The quantitative estimate of drug-likeness (QED) is 0.409. The Morgan fingerprint density at radius 3 is 2.51 bits per heavy atom. The van der Waals surface area contributed by atoms with Gasteiger partial charge in [-0.05, 0) is 38.5 Å². The summed E-state index contributed by atoms with van der Waals surface area (Å²) in [7, 11) is 1.29. The first-order valence-corrected chi connectivity index (χ1v) is 11.9. The van der Waals surface area contributed by atoms with Crippen LogP contribution >= 0.6 is 11.6 Å². The summed E-state index contributed by atoms with van der Waals surface area (Å²) in [6.45, 7) is 5.20. The zero-order valence-electron chi connectivity index (χ0n) is 20.7. The molecule has 0 spiro atoms. The van der Waals surface area contributed by atoms with Crippen LogP contribution in [0.2, 0.25) is 5.02 Å². The Balaban J connectivity index is 1.87. The molecule has 0 unspecified atom stereocenters. The van der Waals surface area contributed by atoms with Gasteiger partial charge in [0.2, 0.25) is 0 Å². The Hall–Kier alpha value is -3.83. The number of fused-ring (bicyclic) bond motifs is 1. The third-order valence-corrected chi connectivity index (χ3v) is 6.34. The summed E-state index contributed by atoms with van der Waals surface area (Å²) in [5, 5.41) is 12.1. The maximum atomic E-state index is 15.5. The fourth-order valence-electron chi connectivity index (χ4n) is 4.38. The maximum absolute atomic E-state index is 15.5. The van der Waals surface area contributed by atoms with Crippen molar-refractivity contribution in [2.45, 2.75) is 38.4 Å². The molecule has 1 heterocycles. The van der Waals surface area contributed by atoms with E-state index in [1.54, 1.807) is 32.9 Å². The van der Waals surface area contributed by atoms with E-state index in [2.05, 4.69) is 5.32 Å². The molecule has 3 aromatic carbocycles. The minimum Gasteiger partial charge on any atom is -0.494 e. The standard InChI is InChI=1S/C28H25ClF2N2O4/c1-27(2,3)37-26(34)33-15-28(17-8-6-5-7-9-17)13-18-21(36-28)12-19(30)24(29)23(18)22-16(14-32)10-11-20(35-4)25(22)31/h5-12H,13,15H2,1-4H3,(H,33,34)/t28-/m1/s1. The number of nitrogens with one attached hydrogen (secondary N) is 1. The Morgan fingerprint density at radius 1 is 1.19 bits per heavy atom. The third-order valence-electron chi connectivity index (χ3n) is 5.97. The predicted octanol–water partition coefficient (Wildman–Crippen LogP) is 6.52. The molecule has 0 bridgehead atoms. The number of alkyl carbamates (subject to hydrolysis) is 1. The molecular weight excluding hydrogens is 502 g/mol. The van der Waals surface area contributed by atoms with Crippen LogP contribution in [-0.4, -0.2) is 25.3 Å². The number of nitrogens with zero attached hydrogens (tertiary/aromatic N) is 1. The number of nitriles is 1. The fourth-order valence-corrected chi connectivity index (χ4v) is 4.65. The van der Waals surface area contributed by atoms with E-state index in [9.17, 15) is 10.1 Å². The SMILES string of the molecule is COc1ccc(C#N)c(-c2c(Cl)c(F)cc3c2C[C@@](CNC(=O)OC(C)(C)C)(c2ccccc2)O3)c1F.